The molecular weight excluding hydrogens is 414 g/mol. The molecule has 0 spiro atoms. The van der Waals surface area contributed by atoms with Crippen LogP contribution >= 0.6 is 22.7 Å². The van der Waals surface area contributed by atoms with Gasteiger partial charge in [0.2, 0.25) is 0 Å². The van der Waals surface area contributed by atoms with Gasteiger partial charge in [0.05, 0.1) is 19.7 Å². The van der Waals surface area contributed by atoms with Crippen molar-refractivity contribution in [1.29, 1.82) is 0 Å². The molecule has 146 valence electrons. The Morgan fingerprint density at radius 2 is 1.23 bits per heavy atom. The third-order valence-electron chi connectivity index (χ3n) is 6.06. The van der Waals surface area contributed by atoms with E-state index < -0.39 is 0 Å². The molecule has 0 N–H and O–H groups in total. The van der Waals surface area contributed by atoms with Gasteiger partial charge in [0.1, 0.15) is 0 Å². The summed E-state index contributed by atoms with van der Waals surface area (Å²) in [5, 5.41) is 4.09. The Morgan fingerprint density at radius 1 is 0.548 bits per heavy atom. The minimum Gasteiger partial charge on any atom is -0.308 e. The summed E-state index contributed by atoms with van der Waals surface area (Å²) in [5.74, 6) is 0. The second kappa shape index (κ2) is 6.55. The van der Waals surface area contributed by atoms with Gasteiger partial charge in [0, 0.05) is 26.5 Å². The van der Waals surface area contributed by atoms with Crippen molar-refractivity contribution in [1.82, 2.24) is 4.57 Å². The second-order valence-electron chi connectivity index (χ2n) is 7.81. The molecule has 7 rings (SSSR count). The van der Waals surface area contributed by atoms with Crippen LogP contribution in [0, 0.1) is 0 Å². The molecule has 0 aliphatic rings. The van der Waals surface area contributed by atoms with E-state index in [0.29, 0.717) is 0 Å². The van der Waals surface area contributed by atoms with Crippen LogP contribution in [-0.2, 0) is 0 Å². The van der Waals surface area contributed by atoms with Crippen molar-refractivity contribution >= 4 is 63.3 Å². The highest BCUT2D eigenvalue weighted by molar-refractivity contribution is 7.45. The van der Waals surface area contributed by atoms with Gasteiger partial charge in [-0.1, -0.05) is 78.9 Å². The highest BCUT2D eigenvalue weighted by Gasteiger charge is 2.20. The molecule has 0 saturated heterocycles. The van der Waals surface area contributed by atoms with E-state index in [1.54, 1.807) is 0 Å². The molecule has 3 heteroatoms. The first kappa shape index (κ1) is 17.3. The third kappa shape index (κ3) is 2.48. The van der Waals surface area contributed by atoms with Crippen LogP contribution in [0.2, 0.25) is 0 Å². The highest BCUT2D eigenvalue weighted by Crippen LogP contribution is 2.48. The average molecular weight is 432 g/mol. The first-order chi connectivity index (χ1) is 15.4. The predicted molar refractivity (Wildman–Crippen MR) is 137 cm³/mol. The summed E-state index contributed by atoms with van der Waals surface area (Å²) in [4.78, 5) is 0. The highest BCUT2D eigenvalue weighted by atomic mass is 32.2. The zero-order valence-corrected chi connectivity index (χ0v) is 18.2. The van der Waals surface area contributed by atoms with E-state index in [0.717, 1.165) is 0 Å². The fraction of sp³-hybridized carbons (Fsp3) is 0. The minimum absolute atomic E-state index is 1.21. The number of rotatable bonds is 2. The monoisotopic (exact) mass is 431 g/mol. The van der Waals surface area contributed by atoms with Gasteiger partial charge in [0.25, 0.3) is 0 Å². The van der Waals surface area contributed by atoms with Crippen molar-refractivity contribution in [2.75, 3.05) is 0 Å². The van der Waals surface area contributed by atoms with Crippen LogP contribution < -0.4 is 0 Å². The number of para-hydroxylation sites is 1. The summed E-state index contributed by atoms with van der Waals surface area (Å²) >= 11 is 3.84. The number of benzene rings is 4. The van der Waals surface area contributed by atoms with E-state index in [9.17, 15) is 0 Å². The Hall–Kier alpha value is -3.40. The molecule has 3 heterocycles. The van der Waals surface area contributed by atoms with Gasteiger partial charge in [-0.15, -0.1) is 22.7 Å². The quantitative estimate of drug-likeness (QED) is 0.257. The van der Waals surface area contributed by atoms with Crippen LogP contribution in [0.1, 0.15) is 0 Å². The van der Waals surface area contributed by atoms with Crippen molar-refractivity contribution in [3.8, 4) is 16.8 Å². The van der Waals surface area contributed by atoms with Crippen molar-refractivity contribution in [3.63, 3.8) is 0 Å². The maximum atomic E-state index is 2.46. The van der Waals surface area contributed by atoms with Crippen molar-refractivity contribution < 1.29 is 0 Å². The molecule has 0 aliphatic heterocycles. The van der Waals surface area contributed by atoms with Crippen LogP contribution in [0.4, 0.5) is 0 Å². The van der Waals surface area contributed by atoms with Gasteiger partial charge in [-0.05, 0) is 35.4 Å². The smallest absolute Gasteiger partial charge is 0.0906 e. The lowest BCUT2D eigenvalue weighted by Crippen LogP contribution is -1.93. The fourth-order valence-electron chi connectivity index (χ4n) is 4.65. The second-order valence-corrected chi connectivity index (χ2v) is 10.1. The molecule has 3 aromatic heterocycles. The van der Waals surface area contributed by atoms with Crippen molar-refractivity contribution in [2.45, 2.75) is 0 Å². The number of fused-ring (bicyclic) bond motifs is 7. The minimum atomic E-state index is 1.21. The van der Waals surface area contributed by atoms with Crippen molar-refractivity contribution in [3.05, 3.63) is 103 Å². The molecule has 0 atom stereocenters. The third-order valence-corrected chi connectivity index (χ3v) is 8.53. The maximum Gasteiger partial charge on any atom is 0.0906 e. The lowest BCUT2D eigenvalue weighted by molar-refractivity contribution is 1.19. The summed E-state index contributed by atoms with van der Waals surface area (Å²) < 4.78 is 6.61. The van der Waals surface area contributed by atoms with Gasteiger partial charge in [-0.25, -0.2) is 0 Å². The van der Waals surface area contributed by atoms with Gasteiger partial charge < -0.3 is 4.57 Å². The zero-order chi connectivity index (χ0) is 20.4. The average Bonchev–Trinajstić information content (AvgIpc) is 3.46. The molecule has 1 nitrogen and oxygen atoms in total. The van der Waals surface area contributed by atoms with Crippen LogP contribution in [0.15, 0.2) is 103 Å². The Balaban J connectivity index is 1.56. The Kier molecular flexibility index (Phi) is 3.65. The summed E-state index contributed by atoms with van der Waals surface area (Å²) in [7, 11) is 0. The van der Waals surface area contributed by atoms with Crippen LogP contribution in [0.5, 0.6) is 0 Å². The van der Waals surface area contributed by atoms with Gasteiger partial charge in [0.15, 0.2) is 0 Å². The van der Waals surface area contributed by atoms with Crippen LogP contribution in [-0.4, -0.2) is 4.57 Å². The van der Waals surface area contributed by atoms with E-state index in [1.807, 2.05) is 22.7 Å². The Morgan fingerprint density at radius 3 is 2.06 bits per heavy atom. The fourth-order valence-corrected chi connectivity index (χ4v) is 7.34. The lowest BCUT2D eigenvalue weighted by atomic mass is 10.1. The lowest BCUT2D eigenvalue weighted by Gasteiger charge is -2.09. The van der Waals surface area contributed by atoms with E-state index in [4.69, 9.17) is 0 Å². The molecule has 0 radical (unpaired) electrons. The molecule has 0 unspecified atom stereocenters. The summed E-state index contributed by atoms with van der Waals surface area (Å²) in [6.45, 7) is 0. The molecule has 31 heavy (non-hydrogen) atoms. The summed E-state index contributed by atoms with van der Waals surface area (Å²) in [5.41, 5.74) is 6.31. The molecule has 0 amide bonds. The van der Waals surface area contributed by atoms with E-state index in [1.165, 1.54) is 57.4 Å². The number of hydrogen-bond donors (Lipinski definition) is 0. The van der Waals surface area contributed by atoms with Crippen molar-refractivity contribution in [2.24, 2.45) is 0 Å². The van der Waals surface area contributed by atoms with Gasteiger partial charge in [-0.3, -0.25) is 0 Å². The molecule has 0 aliphatic carbocycles. The molecule has 7 aromatic rings. The van der Waals surface area contributed by atoms with E-state index in [-0.39, 0.29) is 0 Å². The Labute approximate surface area is 187 Å². The first-order valence-electron chi connectivity index (χ1n) is 10.4. The standard InChI is InChI=1S/C28H17NS2/c1-2-8-18(9-3-1)19-14-16-20(17-15-19)29-23-12-6-4-10-21(23)27-26(29)25-22-11-5-7-13-24(22)30-28(25)31-27/h1-17H. The molecular formula is C28H17NS2. The molecule has 0 saturated carbocycles. The Bertz CT molecular complexity index is 1710. The van der Waals surface area contributed by atoms with Crippen LogP contribution in [0.25, 0.3) is 57.4 Å². The number of nitrogens with zero attached hydrogens (tertiary/aromatic N) is 1. The summed E-state index contributed by atoms with van der Waals surface area (Å²) in [6.07, 6.45) is 0. The topological polar surface area (TPSA) is 4.93 Å². The zero-order valence-electron chi connectivity index (χ0n) is 16.6. The van der Waals surface area contributed by atoms with Crippen LogP contribution in [0.3, 0.4) is 0 Å². The normalized spacial score (nSPS) is 11.9. The summed E-state index contributed by atoms with van der Waals surface area (Å²) in [6, 6.07) is 37.1. The molecule has 4 aromatic carbocycles. The predicted octanol–water partition coefficient (Wildman–Crippen LogP) is 8.88. The first-order valence-corrected chi connectivity index (χ1v) is 12.0. The van der Waals surface area contributed by atoms with Gasteiger partial charge >= 0.3 is 0 Å². The SMILES string of the molecule is c1ccc(-c2ccc(-n3c4ccccc4c4sc5sc6ccccc6c5c43)cc2)cc1. The van der Waals surface area contributed by atoms with E-state index in [2.05, 4.69) is 108 Å². The van der Waals surface area contributed by atoms with Gasteiger partial charge in [-0.2, -0.15) is 0 Å². The van der Waals surface area contributed by atoms with E-state index >= 15 is 0 Å². The molecule has 0 fully saturated rings. The number of thiophene rings is 2. The number of aromatic nitrogens is 1. The maximum absolute atomic E-state index is 2.46. The number of hydrogen-bond acceptors (Lipinski definition) is 2. The molecule has 0 bridgehead atoms. The largest absolute Gasteiger partial charge is 0.308 e.